The van der Waals surface area contributed by atoms with E-state index < -0.39 is 0 Å². The Morgan fingerprint density at radius 2 is 1.95 bits per heavy atom. The van der Waals surface area contributed by atoms with Crippen molar-refractivity contribution in [2.24, 2.45) is 0 Å². The maximum Gasteiger partial charge on any atom is 0.318 e. The second-order valence-electron chi connectivity index (χ2n) is 3.73. The zero-order valence-electron chi connectivity index (χ0n) is 10.9. The molecule has 3 N–H and O–H groups in total. The minimum atomic E-state index is -0.122. The molecule has 20 heavy (non-hydrogen) atoms. The first kappa shape index (κ1) is 13.9. The maximum atomic E-state index is 8.65. The normalized spacial score (nSPS) is 10.1. The van der Waals surface area contributed by atoms with Crippen molar-refractivity contribution in [1.29, 1.82) is 0 Å². The van der Waals surface area contributed by atoms with Crippen LogP contribution < -0.4 is 19.9 Å². The van der Waals surface area contributed by atoms with E-state index in [0.29, 0.717) is 17.2 Å². The molecule has 106 valence electrons. The standard InChI is InChI=1S/C13H15N3O4/c1-18-9-4-2-3-5-10(9)20-11-8-15-13(16-12(11)14)19-7-6-17/h2-5,8,17H,6-7H2,1H3,(H2,14,15,16). The van der Waals surface area contributed by atoms with Crippen molar-refractivity contribution in [3.8, 4) is 23.3 Å². The van der Waals surface area contributed by atoms with Gasteiger partial charge in [0.15, 0.2) is 23.1 Å². The van der Waals surface area contributed by atoms with Crippen LogP contribution in [0.3, 0.4) is 0 Å². The molecule has 0 fully saturated rings. The van der Waals surface area contributed by atoms with Crippen molar-refractivity contribution < 1.29 is 19.3 Å². The van der Waals surface area contributed by atoms with E-state index in [0.717, 1.165) is 0 Å². The van der Waals surface area contributed by atoms with Crippen molar-refractivity contribution in [1.82, 2.24) is 9.97 Å². The van der Waals surface area contributed by atoms with E-state index in [9.17, 15) is 0 Å². The van der Waals surface area contributed by atoms with Gasteiger partial charge < -0.3 is 25.1 Å². The summed E-state index contributed by atoms with van der Waals surface area (Å²) in [5, 5.41) is 8.65. The molecule has 0 spiro atoms. The van der Waals surface area contributed by atoms with Gasteiger partial charge in [-0.15, -0.1) is 0 Å². The third-order valence-electron chi connectivity index (χ3n) is 2.37. The number of methoxy groups -OCH3 is 1. The quantitative estimate of drug-likeness (QED) is 0.819. The topological polar surface area (TPSA) is 99.7 Å². The summed E-state index contributed by atoms with van der Waals surface area (Å²) in [6.45, 7) is -0.0190. The molecule has 7 nitrogen and oxygen atoms in total. The van der Waals surface area contributed by atoms with Crippen LogP contribution in [0.1, 0.15) is 0 Å². The molecular formula is C13H15N3O4. The van der Waals surface area contributed by atoms with Crippen molar-refractivity contribution in [3.05, 3.63) is 30.5 Å². The Labute approximate surface area is 115 Å². The van der Waals surface area contributed by atoms with Crippen molar-refractivity contribution in [2.75, 3.05) is 26.1 Å². The van der Waals surface area contributed by atoms with Gasteiger partial charge >= 0.3 is 6.01 Å². The highest BCUT2D eigenvalue weighted by molar-refractivity contribution is 5.50. The second-order valence-corrected chi connectivity index (χ2v) is 3.73. The fourth-order valence-corrected chi connectivity index (χ4v) is 1.47. The van der Waals surface area contributed by atoms with E-state index in [-0.39, 0.29) is 25.0 Å². The van der Waals surface area contributed by atoms with Gasteiger partial charge in [0.25, 0.3) is 0 Å². The zero-order valence-corrected chi connectivity index (χ0v) is 10.9. The van der Waals surface area contributed by atoms with Gasteiger partial charge in [0.2, 0.25) is 0 Å². The van der Waals surface area contributed by atoms with Crippen molar-refractivity contribution in [3.63, 3.8) is 0 Å². The molecule has 0 bridgehead atoms. The van der Waals surface area contributed by atoms with Crippen LogP contribution >= 0.6 is 0 Å². The summed E-state index contributed by atoms with van der Waals surface area (Å²) in [5.41, 5.74) is 5.77. The molecule has 2 rings (SSSR count). The highest BCUT2D eigenvalue weighted by atomic mass is 16.5. The predicted molar refractivity (Wildman–Crippen MR) is 72.1 cm³/mol. The number of nitrogens with zero attached hydrogens (tertiary/aromatic N) is 2. The van der Waals surface area contributed by atoms with Gasteiger partial charge in [-0.1, -0.05) is 12.1 Å². The van der Waals surface area contributed by atoms with Gasteiger partial charge in [-0.2, -0.15) is 9.97 Å². The van der Waals surface area contributed by atoms with Crippen LogP contribution in [0.25, 0.3) is 0 Å². The largest absolute Gasteiger partial charge is 0.493 e. The summed E-state index contributed by atoms with van der Waals surface area (Å²) in [6, 6.07) is 7.24. The van der Waals surface area contributed by atoms with Crippen LogP contribution in [-0.2, 0) is 0 Å². The second kappa shape index (κ2) is 6.58. The van der Waals surface area contributed by atoms with Crippen LogP contribution in [-0.4, -0.2) is 35.4 Å². The number of aliphatic hydroxyl groups excluding tert-OH is 1. The van der Waals surface area contributed by atoms with Crippen LogP contribution in [0.4, 0.5) is 5.82 Å². The van der Waals surface area contributed by atoms with Crippen LogP contribution in [0.2, 0.25) is 0 Å². The van der Waals surface area contributed by atoms with E-state index in [1.807, 2.05) is 12.1 Å². The smallest absolute Gasteiger partial charge is 0.318 e. The maximum absolute atomic E-state index is 8.65. The van der Waals surface area contributed by atoms with E-state index in [1.54, 1.807) is 19.2 Å². The third kappa shape index (κ3) is 3.27. The molecular weight excluding hydrogens is 262 g/mol. The van der Waals surface area contributed by atoms with Crippen LogP contribution in [0.15, 0.2) is 30.5 Å². The van der Waals surface area contributed by atoms with Crippen LogP contribution in [0.5, 0.6) is 23.3 Å². The molecule has 0 radical (unpaired) electrons. The average molecular weight is 277 g/mol. The van der Waals surface area contributed by atoms with Gasteiger partial charge in [-0.05, 0) is 12.1 Å². The molecule has 0 saturated heterocycles. The van der Waals surface area contributed by atoms with Gasteiger partial charge in [-0.3, -0.25) is 0 Å². The molecule has 0 unspecified atom stereocenters. The summed E-state index contributed by atoms with van der Waals surface area (Å²) in [6.07, 6.45) is 1.40. The minimum Gasteiger partial charge on any atom is -0.493 e. The molecule has 0 amide bonds. The first-order valence-electron chi connectivity index (χ1n) is 5.91. The Balaban J connectivity index is 2.17. The van der Waals surface area contributed by atoms with E-state index in [1.165, 1.54) is 6.20 Å². The summed E-state index contributed by atoms with van der Waals surface area (Å²) in [7, 11) is 1.55. The van der Waals surface area contributed by atoms with E-state index in [4.69, 9.17) is 25.1 Å². The molecule has 1 aromatic heterocycles. The van der Waals surface area contributed by atoms with Gasteiger partial charge in [0.05, 0.1) is 19.9 Å². The number of nitrogens with two attached hydrogens (primary N) is 1. The Hall–Kier alpha value is -2.54. The van der Waals surface area contributed by atoms with Gasteiger partial charge in [0, 0.05) is 0 Å². The predicted octanol–water partition coefficient (Wildman–Crippen LogP) is 1.23. The Kier molecular flexibility index (Phi) is 4.56. The third-order valence-corrected chi connectivity index (χ3v) is 2.37. The summed E-state index contributed by atoms with van der Waals surface area (Å²) >= 11 is 0. The van der Waals surface area contributed by atoms with E-state index >= 15 is 0 Å². The van der Waals surface area contributed by atoms with Crippen molar-refractivity contribution in [2.45, 2.75) is 0 Å². The lowest BCUT2D eigenvalue weighted by atomic mass is 10.3. The molecule has 2 aromatic rings. The lowest BCUT2D eigenvalue weighted by molar-refractivity contribution is 0.191. The zero-order chi connectivity index (χ0) is 14.4. The number of benzene rings is 1. The lowest BCUT2D eigenvalue weighted by Crippen LogP contribution is -2.06. The first-order valence-corrected chi connectivity index (χ1v) is 5.91. The summed E-state index contributed by atoms with van der Waals surface area (Å²) in [4.78, 5) is 7.87. The number of anilines is 1. The number of rotatable bonds is 6. The number of para-hydroxylation sites is 2. The van der Waals surface area contributed by atoms with Gasteiger partial charge in [0.1, 0.15) is 6.61 Å². The molecule has 0 saturated carbocycles. The summed E-state index contributed by atoms with van der Waals surface area (Å²) in [5.74, 6) is 1.52. The average Bonchev–Trinajstić information content (AvgIpc) is 2.48. The lowest BCUT2D eigenvalue weighted by Gasteiger charge is -2.11. The molecule has 0 atom stereocenters. The van der Waals surface area contributed by atoms with Gasteiger partial charge in [-0.25, -0.2) is 0 Å². The fraction of sp³-hybridized carbons (Fsp3) is 0.231. The monoisotopic (exact) mass is 277 g/mol. The van der Waals surface area contributed by atoms with Crippen LogP contribution in [0, 0.1) is 0 Å². The Morgan fingerprint density at radius 3 is 2.60 bits per heavy atom. The SMILES string of the molecule is COc1ccccc1Oc1cnc(OCCO)nc1N. The number of hydrogen-bond donors (Lipinski definition) is 2. The number of hydrogen-bond acceptors (Lipinski definition) is 7. The number of aromatic nitrogens is 2. The molecule has 0 aliphatic heterocycles. The molecule has 1 aromatic carbocycles. The number of ether oxygens (including phenoxy) is 3. The molecule has 0 aliphatic carbocycles. The Bertz CT molecular complexity index is 577. The Morgan fingerprint density at radius 1 is 1.20 bits per heavy atom. The number of nitrogen functional groups attached to an aromatic ring is 1. The molecule has 0 aliphatic rings. The molecule has 7 heteroatoms. The highest BCUT2D eigenvalue weighted by Crippen LogP contribution is 2.33. The number of aliphatic hydroxyl groups is 1. The minimum absolute atomic E-state index is 0.0870. The first-order chi connectivity index (χ1) is 9.74. The molecule has 1 heterocycles. The van der Waals surface area contributed by atoms with Crippen molar-refractivity contribution >= 4 is 5.82 Å². The van der Waals surface area contributed by atoms with E-state index in [2.05, 4.69) is 9.97 Å². The highest BCUT2D eigenvalue weighted by Gasteiger charge is 2.10. The fourth-order valence-electron chi connectivity index (χ4n) is 1.47. The summed E-state index contributed by atoms with van der Waals surface area (Å²) < 4.78 is 15.8.